The van der Waals surface area contributed by atoms with Crippen molar-refractivity contribution in [3.05, 3.63) is 77.4 Å². The molecule has 1 aliphatic heterocycles. The normalized spacial score (nSPS) is 16.2. The Morgan fingerprint density at radius 3 is 2.59 bits per heavy atom. The number of rotatable bonds is 5. The summed E-state index contributed by atoms with van der Waals surface area (Å²) < 4.78 is 18.8. The van der Waals surface area contributed by atoms with Crippen molar-refractivity contribution in [3.63, 3.8) is 0 Å². The lowest BCUT2D eigenvalue weighted by Crippen LogP contribution is -2.41. The van der Waals surface area contributed by atoms with Gasteiger partial charge in [-0.3, -0.25) is 9.59 Å². The molecule has 0 spiro atoms. The van der Waals surface area contributed by atoms with E-state index < -0.39 is 6.04 Å². The lowest BCUT2D eigenvalue weighted by molar-refractivity contribution is -0.130. The van der Waals surface area contributed by atoms with Gasteiger partial charge in [-0.2, -0.15) is 0 Å². The molecule has 1 fully saturated rings. The number of oxazole rings is 1. The summed E-state index contributed by atoms with van der Waals surface area (Å²) in [5, 5.41) is 0. The third-order valence-electron chi connectivity index (χ3n) is 5.24. The number of likely N-dealkylation sites (tertiary alicyclic amines) is 1. The Bertz CT molecular complexity index is 1030. The third kappa shape index (κ3) is 3.97. The van der Waals surface area contributed by atoms with E-state index in [1.54, 1.807) is 36.1 Å². The van der Waals surface area contributed by atoms with E-state index in [9.17, 15) is 14.0 Å². The molecule has 1 amide bonds. The quantitative estimate of drug-likeness (QED) is 0.611. The van der Waals surface area contributed by atoms with Crippen molar-refractivity contribution < 1.29 is 18.4 Å². The van der Waals surface area contributed by atoms with Crippen molar-refractivity contribution in [2.45, 2.75) is 32.2 Å². The molecule has 1 atom stereocenters. The highest BCUT2D eigenvalue weighted by Crippen LogP contribution is 2.25. The topological polar surface area (TPSA) is 63.4 Å². The molecular weight excluding hydrogens is 371 g/mol. The molecule has 148 valence electrons. The number of carbonyl (C=O) groups excluding carboxylic acids is 2. The van der Waals surface area contributed by atoms with Gasteiger partial charge < -0.3 is 9.32 Å². The first-order chi connectivity index (χ1) is 14.0. The van der Waals surface area contributed by atoms with E-state index in [0.717, 1.165) is 6.42 Å². The lowest BCUT2D eigenvalue weighted by Gasteiger charge is -2.23. The molecule has 0 N–H and O–H groups in total. The summed E-state index contributed by atoms with van der Waals surface area (Å²) in [4.78, 5) is 31.9. The van der Waals surface area contributed by atoms with Crippen LogP contribution in [-0.4, -0.2) is 34.2 Å². The molecule has 4 rings (SSSR count). The minimum absolute atomic E-state index is 0.0275. The van der Waals surface area contributed by atoms with Crippen LogP contribution in [0.5, 0.6) is 0 Å². The van der Waals surface area contributed by atoms with Gasteiger partial charge in [0.1, 0.15) is 11.6 Å². The minimum atomic E-state index is -0.436. The third-order valence-corrected chi connectivity index (χ3v) is 5.24. The molecule has 1 unspecified atom stereocenters. The number of halogens is 1. The Hall–Kier alpha value is -3.28. The van der Waals surface area contributed by atoms with Crippen LogP contribution in [0.25, 0.3) is 11.5 Å². The highest BCUT2D eigenvalue weighted by atomic mass is 19.1. The smallest absolute Gasteiger partial charge is 0.229 e. The highest BCUT2D eigenvalue weighted by molar-refractivity contribution is 6.02. The molecule has 0 radical (unpaired) electrons. The van der Waals surface area contributed by atoms with E-state index in [4.69, 9.17) is 4.42 Å². The number of carbonyl (C=O) groups is 2. The van der Waals surface area contributed by atoms with E-state index in [2.05, 4.69) is 4.98 Å². The van der Waals surface area contributed by atoms with E-state index in [1.165, 1.54) is 12.1 Å². The van der Waals surface area contributed by atoms with Gasteiger partial charge in [-0.1, -0.05) is 30.3 Å². The summed E-state index contributed by atoms with van der Waals surface area (Å²) in [7, 11) is 0. The molecule has 0 bridgehead atoms. The van der Waals surface area contributed by atoms with E-state index in [1.807, 2.05) is 18.2 Å². The number of benzene rings is 2. The number of aromatic nitrogens is 1. The van der Waals surface area contributed by atoms with Crippen LogP contribution in [0.15, 0.2) is 59.0 Å². The average Bonchev–Trinajstić information content (AvgIpc) is 3.36. The van der Waals surface area contributed by atoms with Crippen LogP contribution in [0, 0.1) is 12.7 Å². The van der Waals surface area contributed by atoms with Crippen molar-refractivity contribution in [1.29, 1.82) is 0 Å². The summed E-state index contributed by atoms with van der Waals surface area (Å²) in [6.07, 6.45) is 1.53. The molecule has 29 heavy (non-hydrogen) atoms. The van der Waals surface area contributed by atoms with Gasteiger partial charge >= 0.3 is 0 Å². The van der Waals surface area contributed by atoms with Crippen LogP contribution in [-0.2, 0) is 11.2 Å². The van der Waals surface area contributed by atoms with Crippen molar-refractivity contribution in [1.82, 2.24) is 9.88 Å². The lowest BCUT2D eigenvalue weighted by atomic mass is 10.0. The fourth-order valence-corrected chi connectivity index (χ4v) is 3.69. The second-order valence-electron chi connectivity index (χ2n) is 7.18. The SMILES string of the molecule is Cc1oc(-c2ccc(F)cc2)nc1CC(=O)N1CCCC1C(=O)c1ccccc1. The number of ketones is 1. The van der Waals surface area contributed by atoms with Crippen molar-refractivity contribution in [2.75, 3.05) is 6.54 Å². The van der Waals surface area contributed by atoms with Crippen LogP contribution >= 0.6 is 0 Å². The summed E-state index contributed by atoms with van der Waals surface area (Å²) in [5.74, 6) is 0.390. The van der Waals surface area contributed by atoms with Crippen molar-refractivity contribution >= 4 is 11.7 Å². The van der Waals surface area contributed by atoms with Crippen molar-refractivity contribution in [2.24, 2.45) is 0 Å². The molecule has 5 nitrogen and oxygen atoms in total. The van der Waals surface area contributed by atoms with Gasteiger partial charge in [0.15, 0.2) is 5.78 Å². The van der Waals surface area contributed by atoms with Gasteiger partial charge in [-0.25, -0.2) is 9.37 Å². The zero-order valence-corrected chi connectivity index (χ0v) is 16.1. The zero-order valence-electron chi connectivity index (χ0n) is 16.1. The standard InChI is InChI=1S/C23H21FN2O3/c1-15-19(25-23(29-15)17-9-11-18(24)12-10-17)14-21(27)26-13-5-8-20(26)22(28)16-6-3-2-4-7-16/h2-4,6-7,9-12,20H,5,8,13-14H2,1H3. The average molecular weight is 392 g/mol. The maximum absolute atomic E-state index is 13.1. The molecule has 3 aromatic rings. The van der Waals surface area contributed by atoms with Gasteiger partial charge in [0, 0.05) is 17.7 Å². The Morgan fingerprint density at radius 1 is 1.14 bits per heavy atom. The fraction of sp³-hybridized carbons (Fsp3) is 0.261. The summed E-state index contributed by atoms with van der Waals surface area (Å²) in [5.41, 5.74) is 1.80. The van der Waals surface area contributed by atoms with Gasteiger partial charge in [0.25, 0.3) is 0 Å². The molecule has 0 saturated carbocycles. The predicted molar refractivity (Wildman–Crippen MR) is 106 cm³/mol. The number of hydrogen-bond donors (Lipinski definition) is 0. The monoisotopic (exact) mass is 392 g/mol. The van der Waals surface area contributed by atoms with Crippen LogP contribution < -0.4 is 0 Å². The summed E-state index contributed by atoms with van der Waals surface area (Å²) in [6.45, 7) is 2.31. The van der Waals surface area contributed by atoms with Crippen molar-refractivity contribution in [3.8, 4) is 11.5 Å². The summed E-state index contributed by atoms with van der Waals surface area (Å²) in [6, 6.07) is 14.5. The number of aryl methyl sites for hydroxylation is 1. The molecule has 1 saturated heterocycles. The Kier molecular flexibility index (Phi) is 5.25. The molecular formula is C23H21FN2O3. The van der Waals surface area contributed by atoms with Gasteiger partial charge in [0.2, 0.25) is 11.8 Å². The van der Waals surface area contributed by atoms with Gasteiger partial charge in [-0.05, 0) is 44.0 Å². The first kappa shape index (κ1) is 19.1. The first-order valence-corrected chi connectivity index (χ1v) is 9.64. The van der Waals surface area contributed by atoms with Gasteiger partial charge in [0.05, 0.1) is 18.2 Å². The molecule has 1 aromatic heterocycles. The Balaban J connectivity index is 1.50. The molecule has 1 aliphatic rings. The maximum atomic E-state index is 13.1. The van der Waals surface area contributed by atoms with Crippen LogP contribution in [0.3, 0.4) is 0 Å². The van der Waals surface area contributed by atoms with Crippen LogP contribution in [0.1, 0.15) is 34.7 Å². The number of nitrogens with zero attached hydrogens (tertiary/aromatic N) is 2. The van der Waals surface area contributed by atoms with Gasteiger partial charge in [-0.15, -0.1) is 0 Å². The maximum Gasteiger partial charge on any atom is 0.229 e. The first-order valence-electron chi connectivity index (χ1n) is 9.64. The number of Topliss-reactive ketones (excluding diaryl/α,β-unsaturated/α-hetero) is 1. The highest BCUT2D eigenvalue weighted by Gasteiger charge is 2.34. The largest absolute Gasteiger partial charge is 0.441 e. The molecule has 6 heteroatoms. The predicted octanol–water partition coefficient (Wildman–Crippen LogP) is 4.21. The van der Waals surface area contributed by atoms with Crippen LogP contribution in [0.4, 0.5) is 4.39 Å². The second-order valence-corrected chi connectivity index (χ2v) is 7.18. The summed E-state index contributed by atoms with van der Waals surface area (Å²) >= 11 is 0. The number of amides is 1. The van der Waals surface area contributed by atoms with Crippen LogP contribution in [0.2, 0.25) is 0 Å². The Labute approximate surface area is 168 Å². The minimum Gasteiger partial charge on any atom is -0.441 e. The zero-order chi connectivity index (χ0) is 20.4. The fourth-order valence-electron chi connectivity index (χ4n) is 3.69. The molecule has 0 aliphatic carbocycles. The van der Waals surface area contributed by atoms with E-state index in [-0.39, 0.29) is 23.9 Å². The Morgan fingerprint density at radius 2 is 1.86 bits per heavy atom. The second kappa shape index (κ2) is 7.99. The van der Waals surface area contributed by atoms with E-state index >= 15 is 0 Å². The van der Waals surface area contributed by atoms with E-state index in [0.29, 0.717) is 41.4 Å². The molecule has 2 heterocycles. The molecule has 2 aromatic carbocycles. The number of hydrogen-bond acceptors (Lipinski definition) is 4.